The van der Waals surface area contributed by atoms with Gasteiger partial charge in [-0.2, -0.15) is 18.3 Å². The van der Waals surface area contributed by atoms with Crippen molar-refractivity contribution in [2.75, 3.05) is 0 Å². The van der Waals surface area contributed by atoms with Crippen LogP contribution in [0.4, 0.5) is 13.2 Å². The number of nitrogens with one attached hydrogen (secondary N) is 1. The first-order chi connectivity index (χ1) is 11.9. The molecule has 0 amide bonds. The summed E-state index contributed by atoms with van der Waals surface area (Å²) < 4.78 is 40.4. The summed E-state index contributed by atoms with van der Waals surface area (Å²) in [5.74, 6) is 0. The van der Waals surface area contributed by atoms with E-state index in [0.29, 0.717) is 22.2 Å². The summed E-state index contributed by atoms with van der Waals surface area (Å²) in [6, 6.07) is 5.39. The van der Waals surface area contributed by atoms with Crippen molar-refractivity contribution in [3.8, 4) is 5.69 Å². The monoisotopic (exact) mass is 345 g/mol. The van der Waals surface area contributed by atoms with E-state index < -0.39 is 17.4 Å². The Balaban J connectivity index is 2.23. The molecule has 0 fully saturated rings. The van der Waals surface area contributed by atoms with Crippen molar-refractivity contribution in [1.29, 1.82) is 0 Å². The lowest BCUT2D eigenvalue weighted by Crippen LogP contribution is -2.22. The highest BCUT2D eigenvalue weighted by Gasteiger charge is 2.33. The van der Waals surface area contributed by atoms with E-state index in [4.69, 9.17) is 0 Å². The smallest absolute Gasteiger partial charge is 0.272 e. The summed E-state index contributed by atoms with van der Waals surface area (Å²) in [6.07, 6.45) is -1.69. The molecule has 0 radical (unpaired) electrons. The predicted molar refractivity (Wildman–Crippen MR) is 84.5 cm³/mol. The zero-order valence-corrected chi connectivity index (χ0v) is 12.8. The number of alkyl halides is 3. The summed E-state index contributed by atoms with van der Waals surface area (Å²) in [4.78, 5) is 20.7. The number of halogens is 3. The Kier molecular flexibility index (Phi) is 3.14. The fourth-order valence-electron chi connectivity index (χ4n) is 2.78. The summed E-state index contributed by atoms with van der Waals surface area (Å²) in [5, 5.41) is 7.24. The van der Waals surface area contributed by atoms with Crippen LogP contribution in [0.1, 0.15) is 11.4 Å². The van der Waals surface area contributed by atoms with Crippen LogP contribution in [0, 0.1) is 6.92 Å². The number of aromatic nitrogens is 5. The van der Waals surface area contributed by atoms with Gasteiger partial charge in [0.25, 0.3) is 5.56 Å². The zero-order valence-electron chi connectivity index (χ0n) is 12.8. The van der Waals surface area contributed by atoms with E-state index in [1.54, 1.807) is 19.1 Å². The van der Waals surface area contributed by atoms with Gasteiger partial charge in [-0.05, 0) is 31.2 Å². The Morgan fingerprint density at radius 2 is 1.96 bits per heavy atom. The fourth-order valence-corrected chi connectivity index (χ4v) is 2.78. The molecule has 4 aromatic rings. The highest BCUT2D eigenvalue weighted by molar-refractivity contribution is 6.03. The van der Waals surface area contributed by atoms with Gasteiger partial charge in [-0.25, -0.2) is 4.98 Å². The summed E-state index contributed by atoms with van der Waals surface area (Å²) in [6.45, 7) is 1.67. The number of nitrogens with zero attached hydrogens (tertiary/aromatic N) is 4. The van der Waals surface area contributed by atoms with E-state index in [0.717, 1.165) is 10.6 Å². The van der Waals surface area contributed by atoms with Gasteiger partial charge >= 0.3 is 6.18 Å². The van der Waals surface area contributed by atoms with Gasteiger partial charge in [0.2, 0.25) is 0 Å². The minimum absolute atomic E-state index is 0.0928. The average molecular weight is 345 g/mol. The van der Waals surface area contributed by atoms with Crippen molar-refractivity contribution in [1.82, 2.24) is 24.7 Å². The Bertz CT molecular complexity index is 1180. The van der Waals surface area contributed by atoms with E-state index in [1.165, 1.54) is 18.5 Å². The maximum absolute atomic E-state index is 13.1. The van der Waals surface area contributed by atoms with Gasteiger partial charge in [0.05, 0.1) is 17.6 Å². The second kappa shape index (κ2) is 5.13. The Morgan fingerprint density at radius 1 is 1.16 bits per heavy atom. The van der Waals surface area contributed by atoms with Gasteiger partial charge in [0, 0.05) is 17.0 Å². The largest absolute Gasteiger partial charge is 0.433 e. The maximum atomic E-state index is 13.1. The van der Waals surface area contributed by atoms with Gasteiger partial charge in [0.1, 0.15) is 16.9 Å². The molecule has 25 heavy (non-hydrogen) atoms. The molecule has 1 N–H and O–H groups in total. The minimum atomic E-state index is -4.62. The van der Waals surface area contributed by atoms with Crippen LogP contribution in [0.3, 0.4) is 0 Å². The molecule has 0 aromatic carbocycles. The van der Waals surface area contributed by atoms with Crippen molar-refractivity contribution in [2.45, 2.75) is 13.1 Å². The normalized spacial score (nSPS) is 12.2. The van der Waals surface area contributed by atoms with Crippen molar-refractivity contribution in [2.24, 2.45) is 0 Å². The Labute approximate surface area is 138 Å². The van der Waals surface area contributed by atoms with Gasteiger partial charge in [-0.3, -0.25) is 19.4 Å². The molecule has 0 aliphatic carbocycles. The number of pyridine rings is 3. The third-order valence-corrected chi connectivity index (χ3v) is 3.94. The zero-order chi connectivity index (χ0) is 17.8. The molecule has 0 spiro atoms. The lowest BCUT2D eigenvalue weighted by Gasteiger charge is -2.14. The molecule has 0 saturated heterocycles. The lowest BCUT2D eigenvalue weighted by molar-refractivity contribution is -0.141. The van der Waals surface area contributed by atoms with Crippen molar-refractivity contribution >= 4 is 21.9 Å². The summed E-state index contributed by atoms with van der Waals surface area (Å²) in [7, 11) is 0. The predicted octanol–water partition coefficient (Wildman–Crippen LogP) is 2.98. The molecule has 126 valence electrons. The first-order valence-corrected chi connectivity index (χ1v) is 7.26. The van der Waals surface area contributed by atoms with E-state index >= 15 is 0 Å². The summed E-state index contributed by atoms with van der Waals surface area (Å²) >= 11 is 0. The van der Waals surface area contributed by atoms with Crippen LogP contribution in [0.5, 0.6) is 0 Å². The van der Waals surface area contributed by atoms with Crippen molar-refractivity contribution < 1.29 is 13.2 Å². The number of H-pyrrole nitrogens is 1. The molecule has 0 saturated carbocycles. The second-order valence-corrected chi connectivity index (χ2v) is 5.47. The quantitative estimate of drug-likeness (QED) is 0.575. The van der Waals surface area contributed by atoms with E-state index in [2.05, 4.69) is 20.2 Å². The Morgan fingerprint density at radius 3 is 2.68 bits per heavy atom. The average Bonchev–Trinajstić information content (AvgIpc) is 3.05. The molecular weight excluding hydrogens is 335 g/mol. The number of fused-ring (bicyclic) bond motifs is 3. The van der Waals surface area contributed by atoms with E-state index in [1.807, 2.05) is 0 Å². The van der Waals surface area contributed by atoms with Gasteiger partial charge in [-0.1, -0.05) is 0 Å². The highest BCUT2D eigenvalue weighted by Crippen LogP contribution is 2.31. The van der Waals surface area contributed by atoms with Crippen molar-refractivity contribution in [3.63, 3.8) is 0 Å². The molecule has 0 atom stereocenters. The fraction of sp³-hybridized carbons (Fsp3) is 0.125. The van der Waals surface area contributed by atoms with Crippen LogP contribution in [0.25, 0.3) is 27.6 Å². The number of aryl methyl sites for hydroxylation is 1. The first kappa shape index (κ1) is 15.3. The number of rotatable bonds is 1. The Hall–Kier alpha value is -3.23. The van der Waals surface area contributed by atoms with Gasteiger partial charge in [0.15, 0.2) is 0 Å². The van der Waals surface area contributed by atoms with Crippen LogP contribution >= 0.6 is 0 Å². The molecule has 0 aliphatic rings. The number of hydrogen-bond donors (Lipinski definition) is 1. The molecule has 9 heteroatoms. The molecule has 4 heterocycles. The lowest BCUT2D eigenvalue weighted by atomic mass is 10.1. The highest BCUT2D eigenvalue weighted by atomic mass is 19.4. The third kappa shape index (κ3) is 2.27. The summed E-state index contributed by atoms with van der Waals surface area (Å²) in [5.41, 5.74) is -0.660. The molecule has 0 aliphatic heterocycles. The van der Waals surface area contributed by atoms with Gasteiger partial charge < -0.3 is 0 Å². The minimum Gasteiger partial charge on any atom is -0.272 e. The van der Waals surface area contributed by atoms with E-state index in [9.17, 15) is 18.0 Å². The molecule has 0 bridgehead atoms. The first-order valence-electron chi connectivity index (χ1n) is 7.26. The topological polar surface area (TPSA) is 76.5 Å². The van der Waals surface area contributed by atoms with Crippen LogP contribution < -0.4 is 5.56 Å². The van der Waals surface area contributed by atoms with E-state index in [-0.39, 0.29) is 11.2 Å². The second-order valence-electron chi connectivity index (χ2n) is 5.47. The number of hydrogen-bond acceptors (Lipinski definition) is 4. The van der Waals surface area contributed by atoms with Crippen LogP contribution in [-0.4, -0.2) is 24.7 Å². The molecule has 6 nitrogen and oxygen atoms in total. The maximum Gasteiger partial charge on any atom is 0.433 e. The van der Waals surface area contributed by atoms with Crippen LogP contribution in [-0.2, 0) is 6.18 Å². The SMILES string of the molecule is Cc1ncccc1-n1c(=O)c2[nH]ncc2c2ccc(C(F)(F)F)nc21. The standard InChI is InChI=1S/C16H10F3N5O/c1-8-11(3-2-6-20-8)24-14-9(4-5-12(22-14)16(17,18)19)10-7-21-23-13(10)15(24)25/h2-7H,1H3,(H,21,23). The van der Waals surface area contributed by atoms with Crippen LogP contribution in [0.15, 0.2) is 41.5 Å². The molecule has 0 unspecified atom stereocenters. The van der Waals surface area contributed by atoms with Crippen molar-refractivity contribution in [3.05, 3.63) is 58.4 Å². The molecule has 4 aromatic heterocycles. The van der Waals surface area contributed by atoms with Gasteiger partial charge in [-0.15, -0.1) is 0 Å². The third-order valence-electron chi connectivity index (χ3n) is 3.94. The molecule has 4 rings (SSSR count). The number of aromatic amines is 1. The molecular formula is C16H10F3N5O. The van der Waals surface area contributed by atoms with Crippen LogP contribution in [0.2, 0.25) is 0 Å².